The largest absolute Gasteiger partial charge is 0.504 e. The van der Waals surface area contributed by atoms with Crippen molar-refractivity contribution >= 4 is 11.8 Å². The van der Waals surface area contributed by atoms with Gasteiger partial charge in [-0.05, 0) is 24.6 Å². The molecule has 1 atom stereocenters. The van der Waals surface area contributed by atoms with Gasteiger partial charge in [0.2, 0.25) is 11.8 Å². The highest BCUT2D eigenvalue weighted by atomic mass is 16.5. The second kappa shape index (κ2) is 6.76. The Kier molecular flexibility index (Phi) is 5.33. The summed E-state index contributed by atoms with van der Waals surface area (Å²) >= 11 is 0. The summed E-state index contributed by atoms with van der Waals surface area (Å²) in [6.07, 6.45) is 0. The SMILES string of the molecule is COc1cc(C(C)N(CC(N)=O)CC(N)=O)ccc1O. The lowest BCUT2D eigenvalue weighted by Gasteiger charge is -2.27. The number of phenolic OH excluding ortho intramolecular Hbond substituents is 1. The third-order valence-corrected chi connectivity index (χ3v) is 2.95. The molecular weight excluding hydrogens is 262 g/mol. The van der Waals surface area contributed by atoms with Crippen molar-refractivity contribution < 1.29 is 19.4 Å². The van der Waals surface area contributed by atoms with E-state index in [9.17, 15) is 14.7 Å². The van der Waals surface area contributed by atoms with Crippen LogP contribution in [0.2, 0.25) is 0 Å². The average molecular weight is 281 g/mol. The molecule has 0 radical (unpaired) electrons. The molecule has 7 nitrogen and oxygen atoms in total. The summed E-state index contributed by atoms with van der Waals surface area (Å²) in [5.74, 6) is -0.778. The third kappa shape index (κ3) is 4.13. The number of ether oxygens (including phenoxy) is 1. The van der Waals surface area contributed by atoms with Gasteiger partial charge < -0.3 is 21.3 Å². The van der Waals surface area contributed by atoms with Gasteiger partial charge in [0.15, 0.2) is 11.5 Å². The fourth-order valence-electron chi connectivity index (χ4n) is 1.89. The average Bonchev–Trinajstić information content (AvgIpc) is 2.36. The van der Waals surface area contributed by atoms with Crippen LogP contribution in [0.5, 0.6) is 11.5 Å². The molecule has 5 N–H and O–H groups in total. The molecule has 0 aliphatic carbocycles. The minimum Gasteiger partial charge on any atom is -0.504 e. The smallest absolute Gasteiger partial charge is 0.231 e. The summed E-state index contributed by atoms with van der Waals surface area (Å²) < 4.78 is 5.03. The van der Waals surface area contributed by atoms with Crippen molar-refractivity contribution in [3.63, 3.8) is 0 Å². The van der Waals surface area contributed by atoms with Crippen LogP contribution in [0, 0.1) is 0 Å². The second-order valence-corrected chi connectivity index (χ2v) is 4.44. The summed E-state index contributed by atoms with van der Waals surface area (Å²) in [5.41, 5.74) is 11.1. The summed E-state index contributed by atoms with van der Waals surface area (Å²) in [6.45, 7) is 1.62. The Hall–Kier alpha value is -2.28. The Morgan fingerprint density at radius 1 is 1.30 bits per heavy atom. The minimum atomic E-state index is -0.552. The van der Waals surface area contributed by atoms with Crippen LogP contribution >= 0.6 is 0 Å². The minimum absolute atomic E-state index is 0.0137. The van der Waals surface area contributed by atoms with Crippen LogP contribution in [-0.2, 0) is 9.59 Å². The zero-order valence-electron chi connectivity index (χ0n) is 11.5. The maximum absolute atomic E-state index is 11.1. The summed E-state index contributed by atoms with van der Waals surface area (Å²) in [5, 5.41) is 9.56. The molecule has 1 unspecified atom stereocenters. The zero-order valence-corrected chi connectivity index (χ0v) is 11.5. The summed E-state index contributed by atoms with van der Waals surface area (Å²) in [4.78, 5) is 23.7. The Labute approximate surface area is 117 Å². The van der Waals surface area contributed by atoms with E-state index in [0.29, 0.717) is 5.75 Å². The lowest BCUT2D eigenvalue weighted by molar-refractivity contribution is -0.122. The van der Waals surface area contributed by atoms with Crippen LogP contribution in [0.3, 0.4) is 0 Å². The fraction of sp³-hybridized carbons (Fsp3) is 0.385. The maximum Gasteiger partial charge on any atom is 0.231 e. The summed E-state index contributed by atoms with van der Waals surface area (Å²) in [6, 6.07) is 4.51. The molecule has 2 amide bonds. The number of aromatic hydroxyl groups is 1. The molecule has 110 valence electrons. The standard InChI is InChI=1S/C13H19N3O4/c1-8(16(6-12(14)18)7-13(15)19)9-3-4-10(17)11(5-9)20-2/h3-5,8,17H,6-7H2,1-2H3,(H2,14,18)(H2,15,19). The monoisotopic (exact) mass is 281 g/mol. The molecule has 20 heavy (non-hydrogen) atoms. The van der Waals surface area contributed by atoms with Gasteiger partial charge in [0, 0.05) is 6.04 Å². The van der Waals surface area contributed by atoms with Crippen molar-refractivity contribution in [1.82, 2.24) is 4.90 Å². The van der Waals surface area contributed by atoms with Crippen molar-refractivity contribution in [2.24, 2.45) is 11.5 Å². The number of hydrogen-bond donors (Lipinski definition) is 3. The Balaban J connectivity index is 3.01. The number of rotatable bonds is 7. The number of primary amides is 2. The van der Waals surface area contributed by atoms with Gasteiger partial charge in [0.1, 0.15) is 0 Å². The van der Waals surface area contributed by atoms with E-state index in [1.54, 1.807) is 24.0 Å². The first-order valence-corrected chi connectivity index (χ1v) is 6.02. The highest BCUT2D eigenvalue weighted by molar-refractivity contribution is 5.79. The van der Waals surface area contributed by atoms with Crippen LogP contribution in [0.4, 0.5) is 0 Å². The van der Waals surface area contributed by atoms with Gasteiger partial charge in [-0.3, -0.25) is 14.5 Å². The molecular formula is C13H19N3O4. The van der Waals surface area contributed by atoms with E-state index in [1.165, 1.54) is 13.2 Å². The molecule has 1 aromatic rings. The van der Waals surface area contributed by atoms with Crippen LogP contribution in [0.15, 0.2) is 18.2 Å². The molecule has 1 aromatic carbocycles. The molecule has 0 aliphatic heterocycles. The predicted octanol–water partition coefficient (Wildman–Crippen LogP) is -0.266. The number of carbonyl (C=O) groups is 2. The molecule has 0 aromatic heterocycles. The lowest BCUT2D eigenvalue weighted by Crippen LogP contribution is -2.41. The van der Waals surface area contributed by atoms with Crippen LogP contribution in [-0.4, -0.2) is 42.0 Å². The number of hydrogen-bond acceptors (Lipinski definition) is 5. The van der Waals surface area contributed by atoms with E-state index in [0.717, 1.165) is 5.56 Å². The molecule has 0 fully saturated rings. The van der Waals surface area contributed by atoms with Gasteiger partial charge in [-0.25, -0.2) is 0 Å². The maximum atomic E-state index is 11.1. The predicted molar refractivity (Wildman–Crippen MR) is 73.0 cm³/mol. The zero-order chi connectivity index (χ0) is 15.3. The fourth-order valence-corrected chi connectivity index (χ4v) is 1.89. The molecule has 7 heteroatoms. The number of methoxy groups -OCH3 is 1. The number of nitrogens with zero attached hydrogens (tertiary/aromatic N) is 1. The van der Waals surface area contributed by atoms with E-state index in [1.807, 2.05) is 0 Å². The quantitative estimate of drug-likeness (QED) is 0.636. The highest BCUT2D eigenvalue weighted by Crippen LogP contribution is 2.30. The highest BCUT2D eigenvalue weighted by Gasteiger charge is 2.20. The van der Waals surface area contributed by atoms with E-state index in [4.69, 9.17) is 16.2 Å². The molecule has 0 saturated heterocycles. The molecule has 1 rings (SSSR count). The van der Waals surface area contributed by atoms with Gasteiger partial charge in [-0.15, -0.1) is 0 Å². The van der Waals surface area contributed by atoms with E-state index in [-0.39, 0.29) is 24.9 Å². The van der Waals surface area contributed by atoms with Gasteiger partial charge in [-0.2, -0.15) is 0 Å². The second-order valence-electron chi connectivity index (χ2n) is 4.44. The van der Waals surface area contributed by atoms with Crippen LogP contribution in [0.25, 0.3) is 0 Å². The number of nitrogens with two attached hydrogens (primary N) is 2. The van der Waals surface area contributed by atoms with Crippen molar-refractivity contribution in [2.75, 3.05) is 20.2 Å². The Morgan fingerprint density at radius 2 is 1.85 bits per heavy atom. The molecule has 0 saturated carbocycles. The lowest BCUT2D eigenvalue weighted by atomic mass is 10.1. The number of benzene rings is 1. The van der Waals surface area contributed by atoms with E-state index < -0.39 is 11.8 Å². The summed E-state index contributed by atoms with van der Waals surface area (Å²) in [7, 11) is 1.44. The van der Waals surface area contributed by atoms with E-state index >= 15 is 0 Å². The molecule has 0 aliphatic rings. The first kappa shape index (κ1) is 15.8. The van der Waals surface area contributed by atoms with Crippen molar-refractivity contribution in [3.8, 4) is 11.5 Å². The van der Waals surface area contributed by atoms with Crippen LogP contribution < -0.4 is 16.2 Å². The van der Waals surface area contributed by atoms with Crippen molar-refractivity contribution in [3.05, 3.63) is 23.8 Å². The molecule has 0 spiro atoms. The topological polar surface area (TPSA) is 119 Å². The first-order chi connectivity index (χ1) is 9.35. The van der Waals surface area contributed by atoms with Crippen molar-refractivity contribution in [2.45, 2.75) is 13.0 Å². The van der Waals surface area contributed by atoms with Crippen molar-refractivity contribution in [1.29, 1.82) is 0 Å². The number of amides is 2. The number of phenols is 1. The number of carbonyl (C=O) groups excluding carboxylic acids is 2. The molecule has 0 bridgehead atoms. The van der Waals surface area contributed by atoms with Crippen LogP contribution in [0.1, 0.15) is 18.5 Å². The first-order valence-electron chi connectivity index (χ1n) is 6.02. The normalized spacial score (nSPS) is 12.2. The Bertz CT molecular complexity index is 488. The molecule has 0 heterocycles. The van der Waals surface area contributed by atoms with Gasteiger partial charge in [0.05, 0.1) is 20.2 Å². The van der Waals surface area contributed by atoms with Gasteiger partial charge in [-0.1, -0.05) is 6.07 Å². The van der Waals surface area contributed by atoms with E-state index in [2.05, 4.69) is 0 Å². The third-order valence-electron chi connectivity index (χ3n) is 2.95. The Morgan fingerprint density at radius 3 is 2.30 bits per heavy atom. The van der Waals surface area contributed by atoms with Gasteiger partial charge >= 0.3 is 0 Å². The van der Waals surface area contributed by atoms with Gasteiger partial charge in [0.25, 0.3) is 0 Å².